The first-order chi connectivity index (χ1) is 9.99. The van der Waals surface area contributed by atoms with Crippen molar-refractivity contribution in [3.8, 4) is 0 Å². The van der Waals surface area contributed by atoms with Gasteiger partial charge in [-0.2, -0.15) is 0 Å². The van der Waals surface area contributed by atoms with Crippen molar-refractivity contribution in [1.82, 2.24) is 4.90 Å². The largest absolute Gasteiger partial charge is 0.458 e. The van der Waals surface area contributed by atoms with Gasteiger partial charge in [0.1, 0.15) is 6.10 Å². The Bertz CT molecular complexity index is 481. The summed E-state index contributed by atoms with van der Waals surface area (Å²) in [6, 6.07) is 8.10. The minimum atomic E-state index is -0.342. The van der Waals surface area contributed by atoms with Crippen LogP contribution in [0.15, 0.2) is 24.3 Å². The maximum atomic E-state index is 12.2. The highest BCUT2D eigenvalue weighted by Gasteiger charge is 2.27. The number of likely N-dealkylation sites (tertiary alicyclic amines) is 1. The second-order valence-electron chi connectivity index (χ2n) is 6.02. The molecule has 0 unspecified atom stereocenters. The zero-order chi connectivity index (χ0) is 15.4. The van der Waals surface area contributed by atoms with Crippen LogP contribution in [0, 0.1) is 0 Å². The van der Waals surface area contributed by atoms with E-state index in [0.29, 0.717) is 22.7 Å². The van der Waals surface area contributed by atoms with Crippen LogP contribution in [0.4, 0.5) is 0 Å². The van der Waals surface area contributed by atoms with Gasteiger partial charge in [0.05, 0.1) is 10.6 Å². The van der Waals surface area contributed by atoms with E-state index in [1.807, 2.05) is 6.92 Å². The van der Waals surface area contributed by atoms with E-state index in [1.54, 1.807) is 24.3 Å². The molecule has 116 valence electrons. The van der Waals surface area contributed by atoms with Crippen molar-refractivity contribution in [2.75, 3.05) is 6.54 Å². The van der Waals surface area contributed by atoms with Gasteiger partial charge in [-0.25, -0.2) is 4.79 Å². The van der Waals surface area contributed by atoms with E-state index in [1.165, 1.54) is 19.3 Å². The van der Waals surface area contributed by atoms with E-state index in [-0.39, 0.29) is 12.1 Å². The smallest absolute Gasteiger partial charge is 0.339 e. The van der Waals surface area contributed by atoms with Gasteiger partial charge in [-0.05, 0) is 45.7 Å². The van der Waals surface area contributed by atoms with E-state index in [9.17, 15) is 4.79 Å². The third kappa shape index (κ3) is 4.21. The van der Waals surface area contributed by atoms with Gasteiger partial charge in [0.2, 0.25) is 0 Å². The van der Waals surface area contributed by atoms with E-state index in [0.717, 1.165) is 6.54 Å². The molecule has 1 saturated heterocycles. The molecule has 0 saturated carbocycles. The van der Waals surface area contributed by atoms with Gasteiger partial charge in [0, 0.05) is 18.6 Å². The Morgan fingerprint density at radius 1 is 1.33 bits per heavy atom. The second-order valence-corrected chi connectivity index (χ2v) is 6.43. The molecule has 1 heterocycles. The van der Waals surface area contributed by atoms with Crippen molar-refractivity contribution in [3.63, 3.8) is 0 Å². The highest BCUT2D eigenvalue weighted by molar-refractivity contribution is 6.33. The minimum absolute atomic E-state index is 0.142. The molecular formula is C17H24ClNO2. The van der Waals surface area contributed by atoms with Crippen LogP contribution in [0.5, 0.6) is 0 Å². The summed E-state index contributed by atoms with van der Waals surface area (Å²) in [4.78, 5) is 14.6. The fourth-order valence-corrected chi connectivity index (χ4v) is 3.25. The van der Waals surface area contributed by atoms with Crippen molar-refractivity contribution in [1.29, 1.82) is 0 Å². The Kier molecular flexibility index (Phi) is 5.65. The number of carbonyl (C=O) groups excluding carboxylic acids is 1. The summed E-state index contributed by atoms with van der Waals surface area (Å²) in [5, 5.41) is 0.439. The molecule has 0 amide bonds. The highest BCUT2D eigenvalue weighted by atomic mass is 35.5. The van der Waals surface area contributed by atoms with Gasteiger partial charge < -0.3 is 4.74 Å². The van der Waals surface area contributed by atoms with Crippen LogP contribution < -0.4 is 0 Å². The predicted octanol–water partition coefficient (Wildman–Crippen LogP) is 4.15. The molecule has 2 rings (SSSR count). The Labute approximate surface area is 132 Å². The summed E-state index contributed by atoms with van der Waals surface area (Å²) < 4.78 is 5.55. The Balaban J connectivity index is 1.93. The molecule has 0 spiro atoms. The first kappa shape index (κ1) is 16.3. The summed E-state index contributed by atoms with van der Waals surface area (Å²) in [5.41, 5.74) is 0.436. The number of hydrogen-bond acceptors (Lipinski definition) is 3. The molecule has 0 aromatic heterocycles. The SMILES string of the molecule is C[C@@H]1CCC[C@H](C)N1C[C@H](C)OC(=O)c1ccccc1Cl. The standard InChI is InChI=1S/C17H24ClNO2/c1-12-7-6-8-13(2)19(12)11-14(3)21-17(20)15-9-4-5-10-16(15)18/h4-5,9-10,12-14H,6-8,11H2,1-3H3/t12-,13+,14-/m0/s1. The van der Waals surface area contributed by atoms with Crippen molar-refractivity contribution < 1.29 is 9.53 Å². The molecule has 0 radical (unpaired) electrons. The number of rotatable bonds is 4. The molecule has 3 nitrogen and oxygen atoms in total. The van der Waals surface area contributed by atoms with Gasteiger partial charge in [-0.1, -0.05) is 30.2 Å². The zero-order valence-corrected chi connectivity index (χ0v) is 13.8. The topological polar surface area (TPSA) is 29.5 Å². The molecule has 1 aliphatic heterocycles. The van der Waals surface area contributed by atoms with Crippen molar-refractivity contribution in [2.45, 2.75) is 58.2 Å². The number of piperidine rings is 1. The molecule has 21 heavy (non-hydrogen) atoms. The normalized spacial score (nSPS) is 24.6. The predicted molar refractivity (Wildman–Crippen MR) is 85.8 cm³/mol. The van der Waals surface area contributed by atoms with Gasteiger partial charge >= 0.3 is 5.97 Å². The quantitative estimate of drug-likeness (QED) is 0.783. The summed E-state index contributed by atoms with van der Waals surface area (Å²) in [6.45, 7) is 7.22. The number of nitrogens with zero attached hydrogens (tertiary/aromatic N) is 1. The molecule has 1 aromatic rings. The fourth-order valence-electron chi connectivity index (χ4n) is 3.04. The van der Waals surface area contributed by atoms with Gasteiger partial charge in [-0.15, -0.1) is 0 Å². The maximum Gasteiger partial charge on any atom is 0.339 e. The van der Waals surface area contributed by atoms with E-state index < -0.39 is 0 Å². The molecule has 1 fully saturated rings. The average Bonchev–Trinajstić information content (AvgIpc) is 2.43. The number of benzene rings is 1. The van der Waals surface area contributed by atoms with E-state index in [4.69, 9.17) is 16.3 Å². The monoisotopic (exact) mass is 309 g/mol. The molecule has 0 aliphatic carbocycles. The lowest BCUT2D eigenvalue weighted by molar-refractivity contribution is 0.00813. The number of ether oxygens (including phenoxy) is 1. The number of halogens is 1. The fraction of sp³-hybridized carbons (Fsp3) is 0.588. The van der Waals surface area contributed by atoms with E-state index in [2.05, 4.69) is 18.7 Å². The summed E-state index contributed by atoms with van der Waals surface area (Å²) in [7, 11) is 0. The Morgan fingerprint density at radius 2 is 1.95 bits per heavy atom. The van der Waals surface area contributed by atoms with Gasteiger partial charge in [-0.3, -0.25) is 4.90 Å². The third-order valence-electron chi connectivity index (χ3n) is 4.25. The van der Waals surface area contributed by atoms with Crippen LogP contribution in [0.2, 0.25) is 5.02 Å². The first-order valence-electron chi connectivity index (χ1n) is 7.70. The first-order valence-corrected chi connectivity index (χ1v) is 8.08. The summed E-state index contributed by atoms with van der Waals surface area (Å²) in [5.74, 6) is -0.342. The van der Waals surface area contributed by atoms with Crippen LogP contribution in [0.25, 0.3) is 0 Å². The van der Waals surface area contributed by atoms with Crippen LogP contribution in [0.3, 0.4) is 0 Å². The third-order valence-corrected chi connectivity index (χ3v) is 4.58. The summed E-state index contributed by atoms with van der Waals surface area (Å²) in [6.07, 6.45) is 3.58. The van der Waals surface area contributed by atoms with Crippen LogP contribution >= 0.6 is 11.6 Å². The number of carbonyl (C=O) groups is 1. The van der Waals surface area contributed by atoms with Crippen LogP contribution in [-0.4, -0.2) is 35.6 Å². The molecule has 1 aliphatic rings. The molecule has 0 N–H and O–H groups in total. The lowest BCUT2D eigenvalue weighted by Crippen LogP contribution is -2.47. The van der Waals surface area contributed by atoms with Crippen molar-refractivity contribution in [2.24, 2.45) is 0 Å². The molecule has 1 aromatic carbocycles. The zero-order valence-electron chi connectivity index (χ0n) is 13.0. The van der Waals surface area contributed by atoms with E-state index >= 15 is 0 Å². The number of hydrogen-bond donors (Lipinski definition) is 0. The molecule has 4 heteroatoms. The molecular weight excluding hydrogens is 286 g/mol. The highest BCUT2D eigenvalue weighted by Crippen LogP contribution is 2.23. The maximum absolute atomic E-state index is 12.2. The molecule has 0 bridgehead atoms. The van der Waals surface area contributed by atoms with Crippen LogP contribution in [-0.2, 0) is 4.74 Å². The molecule has 3 atom stereocenters. The lowest BCUT2D eigenvalue weighted by atomic mass is 9.97. The Hall–Kier alpha value is -1.06. The van der Waals surface area contributed by atoms with Crippen molar-refractivity contribution in [3.05, 3.63) is 34.9 Å². The summed E-state index contributed by atoms with van der Waals surface area (Å²) >= 11 is 6.03. The van der Waals surface area contributed by atoms with Crippen LogP contribution in [0.1, 0.15) is 50.4 Å². The van der Waals surface area contributed by atoms with Gasteiger partial charge in [0.25, 0.3) is 0 Å². The van der Waals surface area contributed by atoms with Gasteiger partial charge in [0.15, 0.2) is 0 Å². The minimum Gasteiger partial charge on any atom is -0.458 e. The average molecular weight is 310 g/mol. The lowest BCUT2D eigenvalue weighted by Gasteiger charge is -2.40. The second kappa shape index (κ2) is 7.28. The Morgan fingerprint density at radius 3 is 2.57 bits per heavy atom. The van der Waals surface area contributed by atoms with Crippen molar-refractivity contribution >= 4 is 17.6 Å². The number of esters is 1.